The van der Waals surface area contributed by atoms with Crippen LogP contribution in [-0.2, 0) is 4.79 Å². The van der Waals surface area contributed by atoms with Crippen LogP contribution >= 0.6 is 11.3 Å². The largest absolute Gasteiger partial charge is 0.477 e. The Morgan fingerprint density at radius 3 is 2.79 bits per heavy atom. The minimum Gasteiger partial charge on any atom is -0.477 e. The monoisotopic (exact) mass is 280 g/mol. The van der Waals surface area contributed by atoms with Gasteiger partial charge in [0.1, 0.15) is 21.9 Å². The van der Waals surface area contributed by atoms with Crippen molar-refractivity contribution < 1.29 is 14.7 Å². The second-order valence-electron chi connectivity index (χ2n) is 3.79. The van der Waals surface area contributed by atoms with Gasteiger partial charge in [0.15, 0.2) is 0 Å². The molecule has 8 heteroatoms. The zero-order valence-electron chi connectivity index (χ0n) is 10.4. The normalized spacial score (nSPS) is 10.4. The zero-order valence-corrected chi connectivity index (χ0v) is 11.2. The van der Waals surface area contributed by atoms with E-state index in [1.807, 2.05) is 0 Å². The minimum atomic E-state index is -0.988. The first-order chi connectivity index (χ1) is 9.04. The van der Waals surface area contributed by atoms with Gasteiger partial charge in [-0.2, -0.15) is 0 Å². The number of carboxylic acids is 1. The molecule has 0 aromatic carbocycles. The summed E-state index contributed by atoms with van der Waals surface area (Å²) in [6.45, 7) is 1.77. The van der Waals surface area contributed by atoms with Crippen LogP contribution in [0.25, 0.3) is 10.2 Å². The van der Waals surface area contributed by atoms with Crippen molar-refractivity contribution in [1.29, 1.82) is 0 Å². The summed E-state index contributed by atoms with van der Waals surface area (Å²) in [7, 11) is 1.54. The first-order valence-electron chi connectivity index (χ1n) is 5.46. The highest BCUT2D eigenvalue weighted by Gasteiger charge is 2.18. The number of rotatable bonds is 4. The summed E-state index contributed by atoms with van der Waals surface area (Å²) in [6, 6.07) is 0. The Hall–Kier alpha value is -2.22. The summed E-state index contributed by atoms with van der Waals surface area (Å²) in [5.74, 6) is -0.703. The maximum absolute atomic E-state index is 11.2. The lowest BCUT2D eigenvalue weighted by molar-refractivity contribution is -0.118. The van der Waals surface area contributed by atoms with E-state index in [1.165, 1.54) is 13.4 Å². The van der Waals surface area contributed by atoms with Crippen molar-refractivity contribution >= 4 is 39.2 Å². The fourth-order valence-corrected chi connectivity index (χ4v) is 2.65. The first-order valence-corrected chi connectivity index (χ1v) is 6.28. The second-order valence-corrected chi connectivity index (χ2v) is 4.79. The van der Waals surface area contributed by atoms with Gasteiger partial charge in [0, 0.05) is 7.05 Å². The van der Waals surface area contributed by atoms with E-state index in [0.717, 1.165) is 11.3 Å². The molecule has 19 heavy (non-hydrogen) atoms. The molecule has 2 rings (SSSR count). The third kappa shape index (κ3) is 2.48. The Morgan fingerprint density at radius 1 is 1.42 bits per heavy atom. The number of nitrogens with zero attached hydrogens (tertiary/aromatic N) is 2. The van der Waals surface area contributed by atoms with Crippen LogP contribution < -0.4 is 10.6 Å². The molecular formula is C11H12N4O3S. The second kappa shape index (κ2) is 5.19. The van der Waals surface area contributed by atoms with E-state index >= 15 is 0 Å². The number of carboxylic acid groups (broad SMARTS) is 1. The van der Waals surface area contributed by atoms with Crippen molar-refractivity contribution in [1.82, 2.24) is 15.3 Å². The summed E-state index contributed by atoms with van der Waals surface area (Å²) in [5.41, 5.74) is 0.604. The summed E-state index contributed by atoms with van der Waals surface area (Å²) < 4.78 is 0. The Kier molecular flexibility index (Phi) is 3.61. The quantitative estimate of drug-likeness (QED) is 0.767. The van der Waals surface area contributed by atoms with Crippen LogP contribution in [0.4, 0.5) is 5.82 Å². The SMILES string of the molecule is CNC(=O)CNc1ncnc2sc(C(=O)O)c(C)c12. The highest BCUT2D eigenvalue weighted by atomic mass is 32.1. The van der Waals surface area contributed by atoms with Gasteiger partial charge >= 0.3 is 5.97 Å². The summed E-state index contributed by atoms with van der Waals surface area (Å²) in [6.07, 6.45) is 1.34. The van der Waals surface area contributed by atoms with Crippen LogP contribution in [0.5, 0.6) is 0 Å². The fourth-order valence-electron chi connectivity index (χ4n) is 1.66. The molecule has 0 radical (unpaired) electrons. The average Bonchev–Trinajstić information content (AvgIpc) is 2.74. The molecule has 0 spiro atoms. The lowest BCUT2D eigenvalue weighted by Crippen LogP contribution is -2.26. The predicted molar refractivity (Wildman–Crippen MR) is 71.7 cm³/mol. The molecule has 7 nitrogen and oxygen atoms in total. The minimum absolute atomic E-state index is 0.0697. The zero-order chi connectivity index (χ0) is 14.0. The summed E-state index contributed by atoms with van der Waals surface area (Å²) in [4.78, 5) is 31.2. The van der Waals surface area contributed by atoms with E-state index in [4.69, 9.17) is 5.11 Å². The predicted octanol–water partition coefficient (Wildman–Crippen LogP) is 0.856. The molecule has 2 aromatic rings. The smallest absolute Gasteiger partial charge is 0.346 e. The average molecular weight is 280 g/mol. The maximum atomic E-state index is 11.2. The highest BCUT2D eigenvalue weighted by molar-refractivity contribution is 7.20. The van der Waals surface area contributed by atoms with E-state index in [0.29, 0.717) is 21.6 Å². The first kappa shape index (κ1) is 13.2. The van der Waals surface area contributed by atoms with Gasteiger partial charge in [0.25, 0.3) is 0 Å². The van der Waals surface area contributed by atoms with Gasteiger partial charge in [-0.1, -0.05) is 0 Å². The standard InChI is InChI=1S/C11H12N4O3S/c1-5-7-9(13-3-6(16)12-2)14-4-15-10(7)19-8(5)11(17)18/h4H,3H2,1-2H3,(H,12,16)(H,17,18)(H,13,14,15). The Bertz CT molecular complexity index is 653. The topological polar surface area (TPSA) is 104 Å². The molecule has 0 saturated carbocycles. The Balaban J connectivity index is 2.44. The molecule has 0 atom stereocenters. The summed E-state index contributed by atoms with van der Waals surface area (Å²) >= 11 is 1.09. The van der Waals surface area contributed by atoms with Crippen molar-refractivity contribution in [3.8, 4) is 0 Å². The van der Waals surface area contributed by atoms with Gasteiger partial charge in [0.2, 0.25) is 5.91 Å². The number of aromatic carboxylic acids is 1. The van der Waals surface area contributed by atoms with Crippen LogP contribution in [0.2, 0.25) is 0 Å². The van der Waals surface area contributed by atoms with E-state index in [1.54, 1.807) is 6.92 Å². The number of anilines is 1. The number of fused-ring (bicyclic) bond motifs is 1. The third-order valence-corrected chi connectivity index (χ3v) is 3.80. The van der Waals surface area contributed by atoms with E-state index in [-0.39, 0.29) is 17.3 Å². The van der Waals surface area contributed by atoms with Crippen LogP contribution in [0.15, 0.2) is 6.33 Å². The third-order valence-electron chi connectivity index (χ3n) is 2.62. The number of nitrogens with one attached hydrogen (secondary N) is 2. The molecule has 0 aliphatic carbocycles. The number of aryl methyl sites for hydroxylation is 1. The van der Waals surface area contributed by atoms with E-state index in [2.05, 4.69) is 20.6 Å². The number of thiophene rings is 1. The van der Waals surface area contributed by atoms with E-state index < -0.39 is 5.97 Å². The lowest BCUT2D eigenvalue weighted by atomic mass is 10.2. The van der Waals surface area contributed by atoms with Gasteiger partial charge in [-0.25, -0.2) is 14.8 Å². The molecule has 2 heterocycles. The van der Waals surface area contributed by atoms with Crippen LogP contribution in [0.1, 0.15) is 15.2 Å². The highest BCUT2D eigenvalue weighted by Crippen LogP contribution is 2.32. The molecule has 0 aliphatic rings. The van der Waals surface area contributed by atoms with Gasteiger partial charge in [0.05, 0.1) is 11.9 Å². The Morgan fingerprint density at radius 2 is 2.16 bits per heavy atom. The van der Waals surface area contributed by atoms with Crippen molar-refractivity contribution in [2.45, 2.75) is 6.92 Å². The number of carbonyl (C=O) groups is 2. The van der Waals surface area contributed by atoms with Crippen LogP contribution in [0, 0.1) is 6.92 Å². The molecule has 0 saturated heterocycles. The van der Waals surface area contributed by atoms with Crippen molar-refractivity contribution in [2.75, 3.05) is 18.9 Å². The Labute approximate surface area is 112 Å². The summed E-state index contributed by atoms with van der Waals surface area (Å²) in [5, 5.41) is 15.1. The number of likely N-dealkylation sites (N-methyl/N-ethyl adjacent to an activating group) is 1. The van der Waals surface area contributed by atoms with Gasteiger partial charge < -0.3 is 15.7 Å². The molecular weight excluding hydrogens is 268 g/mol. The van der Waals surface area contributed by atoms with Crippen molar-refractivity contribution in [3.05, 3.63) is 16.8 Å². The molecule has 0 fully saturated rings. The van der Waals surface area contributed by atoms with Crippen LogP contribution in [-0.4, -0.2) is 40.5 Å². The number of carbonyl (C=O) groups excluding carboxylic acids is 1. The molecule has 0 unspecified atom stereocenters. The van der Waals surface area contributed by atoms with E-state index in [9.17, 15) is 9.59 Å². The maximum Gasteiger partial charge on any atom is 0.346 e. The van der Waals surface area contributed by atoms with Gasteiger partial charge in [-0.15, -0.1) is 11.3 Å². The van der Waals surface area contributed by atoms with Crippen molar-refractivity contribution in [2.24, 2.45) is 0 Å². The van der Waals surface area contributed by atoms with Crippen LogP contribution in [0.3, 0.4) is 0 Å². The molecule has 0 bridgehead atoms. The number of hydrogen-bond donors (Lipinski definition) is 3. The molecule has 0 aliphatic heterocycles. The molecule has 100 valence electrons. The molecule has 1 amide bonds. The number of amides is 1. The molecule has 3 N–H and O–H groups in total. The molecule has 2 aromatic heterocycles. The van der Waals surface area contributed by atoms with Gasteiger partial charge in [-0.05, 0) is 12.5 Å². The number of hydrogen-bond acceptors (Lipinski definition) is 6. The van der Waals surface area contributed by atoms with Crippen molar-refractivity contribution in [3.63, 3.8) is 0 Å². The lowest BCUT2D eigenvalue weighted by Gasteiger charge is -2.05. The van der Waals surface area contributed by atoms with Gasteiger partial charge in [-0.3, -0.25) is 4.79 Å². The number of aromatic nitrogens is 2. The fraction of sp³-hybridized carbons (Fsp3) is 0.273.